The van der Waals surface area contributed by atoms with Crippen molar-refractivity contribution in [1.82, 2.24) is 20.8 Å². The summed E-state index contributed by atoms with van der Waals surface area (Å²) in [5.41, 5.74) is 0.456. The molecule has 0 atom stereocenters. The van der Waals surface area contributed by atoms with E-state index in [-0.39, 0.29) is 23.2 Å². The number of urea groups is 1. The molecular formula is C18H25FN4O2. The van der Waals surface area contributed by atoms with Crippen LogP contribution in [-0.2, 0) is 11.8 Å². The van der Waals surface area contributed by atoms with Crippen molar-refractivity contribution in [3.05, 3.63) is 47.4 Å². The first-order chi connectivity index (χ1) is 11.8. The van der Waals surface area contributed by atoms with Gasteiger partial charge in [-0.3, -0.25) is 0 Å². The number of benzene rings is 1. The van der Waals surface area contributed by atoms with Crippen molar-refractivity contribution in [2.75, 3.05) is 13.1 Å². The summed E-state index contributed by atoms with van der Waals surface area (Å²) in [6.45, 7) is 8.66. The highest BCUT2D eigenvalue weighted by Crippen LogP contribution is 2.22. The van der Waals surface area contributed by atoms with Crippen LogP contribution in [0.5, 0.6) is 0 Å². The van der Waals surface area contributed by atoms with Gasteiger partial charge in [0.25, 0.3) is 0 Å². The van der Waals surface area contributed by atoms with Gasteiger partial charge in [0.1, 0.15) is 5.82 Å². The average molecular weight is 348 g/mol. The monoisotopic (exact) mass is 348 g/mol. The molecule has 25 heavy (non-hydrogen) atoms. The average Bonchev–Trinajstić information content (AvgIpc) is 3.02. The lowest BCUT2D eigenvalue weighted by Gasteiger charge is -2.25. The zero-order valence-electron chi connectivity index (χ0n) is 15.1. The zero-order valence-corrected chi connectivity index (χ0v) is 15.1. The first-order valence-corrected chi connectivity index (χ1v) is 8.38. The highest BCUT2D eigenvalue weighted by molar-refractivity contribution is 5.73. The maximum absolute atomic E-state index is 13.4. The van der Waals surface area contributed by atoms with E-state index in [2.05, 4.69) is 20.8 Å². The smallest absolute Gasteiger partial charge is 0.314 e. The molecule has 0 saturated heterocycles. The van der Waals surface area contributed by atoms with Crippen LogP contribution in [0.25, 0.3) is 0 Å². The second-order valence-electron chi connectivity index (χ2n) is 6.95. The van der Waals surface area contributed by atoms with Gasteiger partial charge in [-0.15, -0.1) is 0 Å². The predicted octanol–water partition coefficient (Wildman–Crippen LogP) is 3.15. The van der Waals surface area contributed by atoms with Gasteiger partial charge in [-0.05, 0) is 17.7 Å². The van der Waals surface area contributed by atoms with Gasteiger partial charge in [0.15, 0.2) is 5.82 Å². The van der Waals surface area contributed by atoms with Gasteiger partial charge in [-0.25, -0.2) is 9.18 Å². The van der Waals surface area contributed by atoms with Gasteiger partial charge in [-0.1, -0.05) is 45.0 Å². The molecule has 0 aliphatic heterocycles. The highest BCUT2D eigenvalue weighted by Gasteiger charge is 2.21. The van der Waals surface area contributed by atoms with Crippen LogP contribution in [0.15, 0.2) is 28.8 Å². The highest BCUT2D eigenvalue weighted by atomic mass is 19.1. The summed E-state index contributed by atoms with van der Waals surface area (Å²) in [6, 6.07) is 6.13. The van der Waals surface area contributed by atoms with Gasteiger partial charge in [0.05, 0.1) is 0 Å². The minimum atomic E-state index is -0.377. The molecule has 0 saturated carbocycles. The fourth-order valence-corrected chi connectivity index (χ4v) is 2.26. The van der Waals surface area contributed by atoms with Crippen molar-refractivity contribution in [3.63, 3.8) is 0 Å². The molecule has 7 heteroatoms. The van der Waals surface area contributed by atoms with E-state index in [1.54, 1.807) is 6.07 Å². The molecule has 0 unspecified atom stereocenters. The third-order valence-corrected chi connectivity index (χ3v) is 3.92. The summed E-state index contributed by atoms with van der Waals surface area (Å²) in [5.74, 6) is 1.09. The topological polar surface area (TPSA) is 80.0 Å². The predicted molar refractivity (Wildman–Crippen MR) is 92.9 cm³/mol. The second kappa shape index (κ2) is 8.09. The normalized spacial score (nSPS) is 11.6. The molecule has 0 bridgehead atoms. The Bertz CT molecular complexity index is 713. The van der Waals surface area contributed by atoms with E-state index in [0.717, 1.165) is 5.56 Å². The quantitative estimate of drug-likeness (QED) is 0.805. The second-order valence-corrected chi connectivity index (χ2v) is 6.95. The van der Waals surface area contributed by atoms with Crippen LogP contribution in [0.3, 0.4) is 0 Å². The Hall–Kier alpha value is -2.44. The lowest BCUT2D eigenvalue weighted by atomic mass is 9.84. The van der Waals surface area contributed by atoms with Gasteiger partial charge in [-0.2, -0.15) is 4.98 Å². The molecule has 6 nitrogen and oxygen atoms in total. The van der Waals surface area contributed by atoms with Crippen LogP contribution in [0, 0.1) is 5.82 Å². The van der Waals surface area contributed by atoms with Crippen molar-refractivity contribution in [1.29, 1.82) is 0 Å². The Kier molecular flexibility index (Phi) is 6.12. The third-order valence-electron chi connectivity index (χ3n) is 3.92. The Morgan fingerprint density at radius 1 is 1.32 bits per heavy atom. The first kappa shape index (κ1) is 18.9. The van der Waals surface area contributed by atoms with E-state index in [1.807, 2.05) is 33.8 Å². The number of carbonyl (C=O) groups excluding carboxylic acids is 1. The summed E-state index contributed by atoms with van der Waals surface area (Å²) in [6.07, 6.45) is 0.473. The molecule has 2 rings (SSSR count). The van der Waals surface area contributed by atoms with Crippen LogP contribution in [0.2, 0.25) is 0 Å². The standard InChI is InChI=1S/C18H25FN4O2/c1-12(2)16-22-15(25-23-16)8-9-20-17(24)21-11-18(3,4)13-6-5-7-14(19)10-13/h5-7,10,12H,8-9,11H2,1-4H3,(H2,20,21,24). The van der Waals surface area contributed by atoms with Crippen molar-refractivity contribution < 1.29 is 13.7 Å². The zero-order chi connectivity index (χ0) is 18.4. The number of nitrogens with zero attached hydrogens (tertiary/aromatic N) is 2. The Balaban J connectivity index is 1.76. The van der Waals surface area contributed by atoms with Crippen molar-refractivity contribution in [2.45, 2.75) is 45.4 Å². The van der Waals surface area contributed by atoms with Crippen LogP contribution in [0.1, 0.15) is 50.9 Å². The van der Waals surface area contributed by atoms with Crippen LogP contribution < -0.4 is 10.6 Å². The molecule has 1 aromatic heterocycles. The van der Waals surface area contributed by atoms with E-state index in [1.165, 1.54) is 12.1 Å². The molecule has 1 heterocycles. The summed E-state index contributed by atoms with van der Waals surface area (Å²) in [4.78, 5) is 16.2. The lowest BCUT2D eigenvalue weighted by Crippen LogP contribution is -2.42. The van der Waals surface area contributed by atoms with Crippen LogP contribution >= 0.6 is 0 Å². The van der Waals surface area contributed by atoms with E-state index in [4.69, 9.17) is 4.52 Å². The third kappa shape index (κ3) is 5.55. The summed E-state index contributed by atoms with van der Waals surface area (Å²) >= 11 is 0. The number of rotatable bonds is 7. The summed E-state index contributed by atoms with van der Waals surface area (Å²) in [5, 5.41) is 9.44. The molecule has 0 fully saturated rings. The SMILES string of the molecule is CC(C)c1noc(CCNC(=O)NCC(C)(C)c2cccc(F)c2)n1. The molecular weight excluding hydrogens is 323 g/mol. The largest absolute Gasteiger partial charge is 0.339 e. The summed E-state index contributed by atoms with van der Waals surface area (Å²) < 4.78 is 18.5. The fourth-order valence-electron chi connectivity index (χ4n) is 2.26. The van der Waals surface area contributed by atoms with Crippen molar-refractivity contribution in [3.8, 4) is 0 Å². The van der Waals surface area contributed by atoms with Gasteiger partial charge >= 0.3 is 6.03 Å². The molecule has 0 aliphatic rings. The minimum Gasteiger partial charge on any atom is -0.339 e. The molecule has 0 aliphatic carbocycles. The number of hydrogen-bond donors (Lipinski definition) is 2. The maximum Gasteiger partial charge on any atom is 0.314 e. The Morgan fingerprint density at radius 3 is 2.72 bits per heavy atom. The fraction of sp³-hybridized carbons (Fsp3) is 0.500. The number of halogens is 1. The summed E-state index contributed by atoms with van der Waals surface area (Å²) in [7, 11) is 0. The molecule has 2 N–H and O–H groups in total. The Labute approximate surface area is 147 Å². The number of amides is 2. The number of hydrogen-bond acceptors (Lipinski definition) is 4. The Morgan fingerprint density at radius 2 is 2.08 bits per heavy atom. The molecule has 1 aromatic carbocycles. The van der Waals surface area contributed by atoms with Crippen molar-refractivity contribution >= 4 is 6.03 Å². The molecule has 0 radical (unpaired) electrons. The lowest BCUT2D eigenvalue weighted by molar-refractivity contribution is 0.238. The number of nitrogens with one attached hydrogen (secondary N) is 2. The van der Waals surface area contributed by atoms with E-state index >= 15 is 0 Å². The molecule has 136 valence electrons. The maximum atomic E-state index is 13.4. The van der Waals surface area contributed by atoms with Gasteiger partial charge in [0, 0.05) is 30.8 Å². The van der Waals surface area contributed by atoms with Gasteiger partial charge in [0.2, 0.25) is 5.89 Å². The van der Waals surface area contributed by atoms with E-state index in [0.29, 0.717) is 31.2 Å². The van der Waals surface area contributed by atoms with E-state index < -0.39 is 0 Å². The first-order valence-electron chi connectivity index (χ1n) is 8.38. The van der Waals surface area contributed by atoms with Crippen molar-refractivity contribution in [2.24, 2.45) is 0 Å². The van der Waals surface area contributed by atoms with Crippen LogP contribution in [-0.4, -0.2) is 29.3 Å². The van der Waals surface area contributed by atoms with Crippen LogP contribution in [0.4, 0.5) is 9.18 Å². The minimum absolute atomic E-state index is 0.207. The van der Waals surface area contributed by atoms with E-state index in [9.17, 15) is 9.18 Å². The van der Waals surface area contributed by atoms with Gasteiger partial charge < -0.3 is 15.2 Å². The number of aromatic nitrogens is 2. The molecule has 2 aromatic rings. The number of carbonyl (C=O) groups is 1. The molecule has 0 spiro atoms. The molecule has 2 amide bonds.